The summed E-state index contributed by atoms with van der Waals surface area (Å²) in [5, 5.41) is 15.8. The molecule has 9 heteroatoms. The van der Waals surface area contributed by atoms with Crippen molar-refractivity contribution in [1.29, 1.82) is 0 Å². The Hall–Kier alpha value is -1.84. The van der Waals surface area contributed by atoms with E-state index >= 15 is 0 Å². The number of nitrogens with one attached hydrogen (secondary N) is 1. The quantitative estimate of drug-likeness (QED) is 0.764. The molecular formula is C11H12N4O3S2. The van der Waals surface area contributed by atoms with E-state index in [9.17, 15) is 9.59 Å². The average Bonchev–Trinajstić information content (AvgIpc) is 3.07. The molecule has 2 aromatic rings. The van der Waals surface area contributed by atoms with E-state index in [1.54, 1.807) is 12.3 Å². The van der Waals surface area contributed by atoms with Crippen LogP contribution in [0.1, 0.15) is 44.0 Å². The predicted octanol–water partition coefficient (Wildman–Crippen LogP) is 1.25. The highest BCUT2D eigenvalue weighted by Gasteiger charge is 2.18. The molecule has 0 aliphatic rings. The molecule has 0 fully saturated rings. The molecule has 2 rings (SSSR count). The second-order valence-corrected chi connectivity index (χ2v) is 5.73. The van der Waals surface area contributed by atoms with Gasteiger partial charge in [-0.3, -0.25) is 4.79 Å². The Labute approximate surface area is 122 Å². The molecule has 20 heavy (non-hydrogen) atoms. The summed E-state index contributed by atoms with van der Waals surface area (Å²) in [6.45, 7) is 2.03. The minimum Gasteiger partial charge on any atom is -0.476 e. The van der Waals surface area contributed by atoms with Crippen LogP contribution in [-0.4, -0.2) is 27.0 Å². The SMILES string of the molecule is CC(NC(=O)c1csc(CN)n1)c1nc(C(=O)O)cs1. The second kappa shape index (κ2) is 6.07. The largest absolute Gasteiger partial charge is 0.476 e. The minimum atomic E-state index is -1.09. The fourth-order valence-electron chi connectivity index (χ4n) is 1.43. The number of hydrogen-bond donors (Lipinski definition) is 3. The Balaban J connectivity index is 2.04. The molecule has 2 heterocycles. The zero-order chi connectivity index (χ0) is 14.7. The summed E-state index contributed by atoms with van der Waals surface area (Å²) >= 11 is 2.51. The number of aromatic carboxylic acids is 1. The van der Waals surface area contributed by atoms with E-state index in [0.29, 0.717) is 22.3 Å². The summed E-state index contributed by atoms with van der Waals surface area (Å²) < 4.78 is 0. The van der Waals surface area contributed by atoms with Gasteiger partial charge in [0.25, 0.3) is 5.91 Å². The molecule has 7 nitrogen and oxygen atoms in total. The molecule has 1 amide bonds. The van der Waals surface area contributed by atoms with Crippen LogP contribution in [0.2, 0.25) is 0 Å². The topological polar surface area (TPSA) is 118 Å². The van der Waals surface area contributed by atoms with Gasteiger partial charge in [0.2, 0.25) is 0 Å². The molecular weight excluding hydrogens is 300 g/mol. The first-order chi connectivity index (χ1) is 9.51. The molecule has 0 saturated heterocycles. The van der Waals surface area contributed by atoms with Crippen LogP contribution in [0.25, 0.3) is 0 Å². The maximum atomic E-state index is 12.0. The number of nitrogens with zero attached hydrogens (tertiary/aromatic N) is 2. The van der Waals surface area contributed by atoms with Gasteiger partial charge in [0.1, 0.15) is 15.7 Å². The summed E-state index contributed by atoms with van der Waals surface area (Å²) in [4.78, 5) is 30.7. The summed E-state index contributed by atoms with van der Waals surface area (Å²) in [5.41, 5.74) is 5.72. The van der Waals surface area contributed by atoms with Crippen LogP contribution in [0.5, 0.6) is 0 Å². The van der Waals surface area contributed by atoms with Crippen LogP contribution < -0.4 is 11.1 Å². The molecule has 4 N–H and O–H groups in total. The van der Waals surface area contributed by atoms with E-state index in [1.807, 2.05) is 0 Å². The third kappa shape index (κ3) is 3.18. The highest BCUT2D eigenvalue weighted by Crippen LogP contribution is 2.19. The molecule has 0 bridgehead atoms. The molecule has 0 radical (unpaired) electrons. The first-order valence-corrected chi connectivity index (χ1v) is 7.41. The molecule has 0 aliphatic heterocycles. The highest BCUT2D eigenvalue weighted by molar-refractivity contribution is 7.10. The number of thiazole rings is 2. The van der Waals surface area contributed by atoms with E-state index in [2.05, 4.69) is 15.3 Å². The average molecular weight is 312 g/mol. The molecule has 0 aliphatic carbocycles. The lowest BCUT2D eigenvalue weighted by Crippen LogP contribution is -2.27. The normalized spacial score (nSPS) is 12.1. The zero-order valence-corrected chi connectivity index (χ0v) is 12.1. The fraction of sp³-hybridized carbons (Fsp3) is 0.273. The van der Waals surface area contributed by atoms with Gasteiger partial charge in [-0.25, -0.2) is 14.8 Å². The van der Waals surface area contributed by atoms with E-state index < -0.39 is 5.97 Å². The first-order valence-electron chi connectivity index (χ1n) is 5.65. The van der Waals surface area contributed by atoms with Gasteiger partial charge in [0.15, 0.2) is 5.69 Å². The van der Waals surface area contributed by atoms with Crippen LogP contribution in [-0.2, 0) is 6.54 Å². The van der Waals surface area contributed by atoms with Crippen molar-refractivity contribution in [3.8, 4) is 0 Å². The zero-order valence-electron chi connectivity index (χ0n) is 10.5. The maximum Gasteiger partial charge on any atom is 0.355 e. The minimum absolute atomic E-state index is 0.0230. The van der Waals surface area contributed by atoms with Gasteiger partial charge in [0, 0.05) is 17.3 Å². The molecule has 2 aromatic heterocycles. The number of carbonyl (C=O) groups is 2. The summed E-state index contributed by atoms with van der Waals surface area (Å²) in [6, 6.07) is -0.386. The number of hydrogen-bond acceptors (Lipinski definition) is 7. The highest BCUT2D eigenvalue weighted by atomic mass is 32.1. The van der Waals surface area contributed by atoms with Gasteiger partial charge in [0.05, 0.1) is 6.04 Å². The molecule has 106 valence electrons. The molecule has 0 spiro atoms. The Morgan fingerprint density at radius 1 is 1.35 bits per heavy atom. The van der Waals surface area contributed by atoms with E-state index in [4.69, 9.17) is 10.8 Å². The van der Waals surface area contributed by atoms with Gasteiger partial charge < -0.3 is 16.2 Å². The van der Waals surface area contributed by atoms with Crippen molar-refractivity contribution >= 4 is 34.6 Å². The Bertz CT molecular complexity index is 637. The van der Waals surface area contributed by atoms with E-state index in [-0.39, 0.29) is 17.6 Å². The molecule has 0 saturated carbocycles. The molecule has 1 unspecified atom stereocenters. The van der Waals surface area contributed by atoms with Crippen molar-refractivity contribution in [1.82, 2.24) is 15.3 Å². The number of rotatable bonds is 5. The summed E-state index contributed by atoms with van der Waals surface area (Å²) in [5.74, 6) is -1.42. The lowest BCUT2D eigenvalue weighted by molar-refractivity contribution is 0.0691. The maximum absolute atomic E-state index is 12.0. The standard InChI is InChI=1S/C11H12N4O3S2/c1-5(10-15-7(4-20-10)11(17)18)13-9(16)6-3-19-8(2-12)14-6/h3-5H,2,12H2,1H3,(H,13,16)(H,17,18). The lowest BCUT2D eigenvalue weighted by Gasteiger charge is -2.09. The van der Waals surface area contributed by atoms with Crippen LogP contribution in [0.15, 0.2) is 10.8 Å². The second-order valence-electron chi connectivity index (χ2n) is 3.90. The van der Waals surface area contributed by atoms with Crippen LogP contribution in [0.3, 0.4) is 0 Å². The third-order valence-corrected chi connectivity index (χ3v) is 4.32. The number of carboxylic acids is 1. The van der Waals surface area contributed by atoms with Gasteiger partial charge >= 0.3 is 5.97 Å². The predicted molar refractivity (Wildman–Crippen MR) is 75.0 cm³/mol. The number of nitrogens with two attached hydrogens (primary N) is 1. The number of aromatic nitrogens is 2. The van der Waals surface area contributed by atoms with Crippen LogP contribution in [0, 0.1) is 0 Å². The number of carboxylic acid groups (broad SMARTS) is 1. The smallest absolute Gasteiger partial charge is 0.355 e. The van der Waals surface area contributed by atoms with Gasteiger partial charge in [-0.05, 0) is 6.92 Å². The van der Waals surface area contributed by atoms with Crippen molar-refractivity contribution in [2.75, 3.05) is 0 Å². The Morgan fingerprint density at radius 3 is 2.60 bits per heavy atom. The van der Waals surface area contributed by atoms with Gasteiger partial charge in [-0.2, -0.15) is 0 Å². The fourth-order valence-corrected chi connectivity index (χ4v) is 2.88. The van der Waals surface area contributed by atoms with Crippen molar-refractivity contribution in [3.05, 3.63) is 32.2 Å². The van der Waals surface area contributed by atoms with Crippen molar-refractivity contribution < 1.29 is 14.7 Å². The van der Waals surface area contributed by atoms with E-state index in [1.165, 1.54) is 28.1 Å². The van der Waals surface area contributed by atoms with Gasteiger partial charge in [-0.1, -0.05) is 0 Å². The van der Waals surface area contributed by atoms with Crippen molar-refractivity contribution in [2.24, 2.45) is 5.73 Å². The monoisotopic (exact) mass is 312 g/mol. The first kappa shape index (κ1) is 14.6. The number of amides is 1. The summed E-state index contributed by atoms with van der Waals surface area (Å²) in [6.07, 6.45) is 0. The Kier molecular flexibility index (Phi) is 4.42. The molecule has 0 aromatic carbocycles. The van der Waals surface area contributed by atoms with Crippen LogP contribution >= 0.6 is 22.7 Å². The third-order valence-electron chi connectivity index (χ3n) is 2.42. The lowest BCUT2D eigenvalue weighted by atomic mass is 10.3. The number of carbonyl (C=O) groups excluding carboxylic acids is 1. The van der Waals surface area contributed by atoms with Crippen LogP contribution in [0.4, 0.5) is 0 Å². The van der Waals surface area contributed by atoms with Crippen molar-refractivity contribution in [2.45, 2.75) is 19.5 Å². The van der Waals surface area contributed by atoms with E-state index in [0.717, 1.165) is 0 Å². The van der Waals surface area contributed by atoms with Crippen molar-refractivity contribution in [3.63, 3.8) is 0 Å². The summed E-state index contributed by atoms with van der Waals surface area (Å²) in [7, 11) is 0. The van der Waals surface area contributed by atoms with Gasteiger partial charge in [-0.15, -0.1) is 22.7 Å². The Morgan fingerprint density at radius 2 is 2.05 bits per heavy atom. The molecule has 1 atom stereocenters.